The maximum absolute atomic E-state index is 11.3. The van der Waals surface area contributed by atoms with Gasteiger partial charge in [0.2, 0.25) is 0 Å². The number of hydrogen-bond donors (Lipinski definition) is 1. The van der Waals surface area contributed by atoms with Crippen molar-refractivity contribution < 1.29 is 0 Å². The summed E-state index contributed by atoms with van der Waals surface area (Å²) in [5, 5.41) is 9.44. The van der Waals surface area contributed by atoms with E-state index in [-0.39, 0.29) is 5.15 Å². The Morgan fingerprint density at radius 3 is 2.73 bits per heavy atom. The van der Waals surface area contributed by atoms with E-state index in [0.717, 1.165) is 15.9 Å². The fourth-order valence-electron chi connectivity index (χ4n) is 1.38. The molecule has 0 amide bonds. The molecular weight excluding hydrogens is 218 g/mol. The normalized spacial score (nSPS) is 10.6. The number of halogens is 1. The average Bonchev–Trinajstić information content (AvgIpc) is 2.50. The molecule has 0 aliphatic heterocycles. The molecule has 0 aliphatic rings. The molecule has 0 bridgehead atoms. The van der Waals surface area contributed by atoms with Crippen LogP contribution in [0.5, 0.6) is 0 Å². The molecule has 0 radical (unpaired) electrons. The molecule has 2 aromatic heterocycles. The molecule has 7 heteroatoms. The number of pyridine rings is 1. The number of aryl methyl sites for hydroxylation is 2. The van der Waals surface area contributed by atoms with Crippen molar-refractivity contribution in [1.82, 2.24) is 25.2 Å². The summed E-state index contributed by atoms with van der Waals surface area (Å²) in [7, 11) is 0. The van der Waals surface area contributed by atoms with Crippen LogP contribution in [0.3, 0.4) is 0 Å². The topological polar surface area (TPSA) is 76.5 Å². The van der Waals surface area contributed by atoms with Gasteiger partial charge in [0.05, 0.1) is 0 Å². The molecular formula is C8H8ClN5O. The fourth-order valence-corrected chi connectivity index (χ4v) is 1.75. The Morgan fingerprint density at radius 1 is 1.47 bits per heavy atom. The van der Waals surface area contributed by atoms with Crippen molar-refractivity contribution in [2.45, 2.75) is 13.8 Å². The van der Waals surface area contributed by atoms with Gasteiger partial charge >= 0.3 is 5.69 Å². The molecule has 2 heterocycles. The van der Waals surface area contributed by atoms with Crippen LogP contribution in [-0.4, -0.2) is 25.2 Å². The van der Waals surface area contributed by atoms with Crippen molar-refractivity contribution in [2.24, 2.45) is 0 Å². The predicted octanol–water partition coefficient (Wildman–Crippen LogP) is 0.621. The lowest BCUT2D eigenvalue weighted by molar-refractivity contribution is 0.771. The smallest absolute Gasteiger partial charge is 0.244 e. The highest BCUT2D eigenvalue weighted by Crippen LogP contribution is 2.20. The zero-order valence-corrected chi connectivity index (χ0v) is 8.91. The van der Waals surface area contributed by atoms with Crippen LogP contribution in [0.25, 0.3) is 5.69 Å². The Morgan fingerprint density at radius 2 is 2.20 bits per heavy atom. The first-order chi connectivity index (χ1) is 7.09. The van der Waals surface area contributed by atoms with Gasteiger partial charge in [0.1, 0.15) is 5.69 Å². The van der Waals surface area contributed by atoms with Crippen molar-refractivity contribution >= 4 is 11.6 Å². The van der Waals surface area contributed by atoms with Gasteiger partial charge in [-0.25, -0.2) is 14.9 Å². The lowest BCUT2D eigenvalue weighted by Gasteiger charge is -2.06. The summed E-state index contributed by atoms with van der Waals surface area (Å²) in [6, 6.07) is 1.82. The second-order valence-corrected chi connectivity index (χ2v) is 3.50. The number of nitrogens with zero attached hydrogens (tertiary/aromatic N) is 4. The summed E-state index contributed by atoms with van der Waals surface area (Å²) in [4.78, 5) is 15.4. The average molecular weight is 226 g/mol. The maximum atomic E-state index is 11.3. The largest absolute Gasteiger partial charge is 0.365 e. The zero-order chi connectivity index (χ0) is 11.0. The molecule has 0 saturated carbocycles. The quantitative estimate of drug-likeness (QED) is 0.722. The molecule has 15 heavy (non-hydrogen) atoms. The predicted molar refractivity (Wildman–Crippen MR) is 54.3 cm³/mol. The van der Waals surface area contributed by atoms with E-state index in [1.165, 1.54) is 0 Å². The minimum Gasteiger partial charge on any atom is -0.244 e. The zero-order valence-electron chi connectivity index (χ0n) is 8.15. The van der Waals surface area contributed by atoms with Crippen LogP contribution in [0.4, 0.5) is 0 Å². The van der Waals surface area contributed by atoms with Gasteiger partial charge < -0.3 is 0 Å². The van der Waals surface area contributed by atoms with E-state index >= 15 is 0 Å². The summed E-state index contributed by atoms with van der Waals surface area (Å²) < 4.78 is 1.09. The Hall–Kier alpha value is -1.69. The lowest BCUT2D eigenvalue weighted by Crippen LogP contribution is -2.18. The van der Waals surface area contributed by atoms with E-state index in [2.05, 4.69) is 20.5 Å². The van der Waals surface area contributed by atoms with Gasteiger partial charge in [-0.15, -0.1) is 0 Å². The van der Waals surface area contributed by atoms with E-state index in [1.54, 1.807) is 0 Å². The molecule has 0 aliphatic carbocycles. The maximum Gasteiger partial charge on any atom is 0.365 e. The van der Waals surface area contributed by atoms with E-state index in [4.69, 9.17) is 11.6 Å². The summed E-state index contributed by atoms with van der Waals surface area (Å²) in [5.41, 5.74) is 1.63. The first-order valence-corrected chi connectivity index (χ1v) is 4.62. The summed E-state index contributed by atoms with van der Waals surface area (Å²) >= 11 is 5.95. The van der Waals surface area contributed by atoms with E-state index < -0.39 is 5.69 Å². The van der Waals surface area contributed by atoms with Crippen LogP contribution < -0.4 is 5.69 Å². The van der Waals surface area contributed by atoms with Crippen LogP contribution in [-0.2, 0) is 0 Å². The third-order valence-electron chi connectivity index (χ3n) is 1.95. The standard InChI is InChI=1S/C8H8ClN5O/c1-4-3-5(2)10-7(9)6(4)14-8(15)11-12-13-14/h3H,1-2H3,(H,11,13,15). The summed E-state index contributed by atoms with van der Waals surface area (Å²) in [6.45, 7) is 3.66. The SMILES string of the molecule is Cc1cc(C)c(-n2nn[nH]c2=O)c(Cl)n1. The van der Waals surface area contributed by atoms with Gasteiger partial charge in [-0.3, -0.25) is 0 Å². The summed E-state index contributed by atoms with van der Waals surface area (Å²) in [6.07, 6.45) is 0. The number of rotatable bonds is 1. The lowest BCUT2D eigenvalue weighted by atomic mass is 10.2. The number of H-pyrrole nitrogens is 1. The van der Waals surface area contributed by atoms with Crippen LogP contribution in [0.1, 0.15) is 11.3 Å². The molecule has 1 N–H and O–H groups in total. The monoisotopic (exact) mass is 225 g/mol. The van der Waals surface area contributed by atoms with Crippen molar-refractivity contribution in [3.05, 3.63) is 33.0 Å². The van der Waals surface area contributed by atoms with Gasteiger partial charge in [0.25, 0.3) is 0 Å². The van der Waals surface area contributed by atoms with Crippen molar-refractivity contribution in [2.75, 3.05) is 0 Å². The third kappa shape index (κ3) is 1.63. The van der Waals surface area contributed by atoms with Gasteiger partial charge in [-0.1, -0.05) is 11.6 Å². The van der Waals surface area contributed by atoms with Crippen LogP contribution >= 0.6 is 11.6 Å². The van der Waals surface area contributed by atoms with Crippen molar-refractivity contribution in [1.29, 1.82) is 0 Å². The van der Waals surface area contributed by atoms with Crippen LogP contribution in [0, 0.1) is 13.8 Å². The van der Waals surface area contributed by atoms with Gasteiger partial charge in [0.15, 0.2) is 5.15 Å². The highest BCUT2D eigenvalue weighted by molar-refractivity contribution is 6.31. The third-order valence-corrected chi connectivity index (χ3v) is 2.22. The molecule has 0 atom stereocenters. The number of aromatic nitrogens is 5. The van der Waals surface area contributed by atoms with Gasteiger partial charge in [0, 0.05) is 5.69 Å². The molecule has 0 saturated heterocycles. The highest BCUT2D eigenvalue weighted by atomic mass is 35.5. The Labute approximate surface area is 89.9 Å². The minimum absolute atomic E-state index is 0.239. The Bertz CT molecular complexity index is 535. The van der Waals surface area contributed by atoms with Crippen molar-refractivity contribution in [3.63, 3.8) is 0 Å². The summed E-state index contributed by atoms with van der Waals surface area (Å²) in [5.74, 6) is 0. The number of tetrazole rings is 1. The van der Waals surface area contributed by atoms with E-state index in [0.29, 0.717) is 5.69 Å². The molecule has 6 nitrogen and oxygen atoms in total. The first kappa shape index (κ1) is 9.85. The number of aromatic amines is 1. The molecule has 0 fully saturated rings. The minimum atomic E-state index is -0.439. The Kier molecular flexibility index (Phi) is 2.28. The Balaban J connectivity index is 2.74. The molecule has 2 aromatic rings. The van der Waals surface area contributed by atoms with Crippen LogP contribution in [0.2, 0.25) is 5.15 Å². The molecule has 2 rings (SSSR count). The second-order valence-electron chi connectivity index (χ2n) is 3.14. The molecule has 0 unspecified atom stereocenters. The number of hydrogen-bond acceptors (Lipinski definition) is 4. The second kappa shape index (κ2) is 3.47. The van der Waals surface area contributed by atoms with Gasteiger partial charge in [-0.2, -0.15) is 4.68 Å². The first-order valence-electron chi connectivity index (χ1n) is 4.24. The number of nitrogens with one attached hydrogen (secondary N) is 1. The van der Waals surface area contributed by atoms with E-state index in [1.807, 2.05) is 19.9 Å². The van der Waals surface area contributed by atoms with E-state index in [9.17, 15) is 4.79 Å². The fraction of sp³-hybridized carbons (Fsp3) is 0.250. The molecule has 0 spiro atoms. The highest BCUT2D eigenvalue weighted by Gasteiger charge is 2.12. The van der Waals surface area contributed by atoms with Crippen molar-refractivity contribution in [3.8, 4) is 5.69 Å². The molecule has 78 valence electrons. The van der Waals surface area contributed by atoms with Crippen LogP contribution in [0.15, 0.2) is 10.9 Å². The molecule has 0 aromatic carbocycles. The van der Waals surface area contributed by atoms with Gasteiger partial charge in [-0.05, 0) is 35.9 Å².